The van der Waals surface area contributed by atoms with Gasteiger partial charge in [0.15, 0.2) is 0 Å². The number of anilines is 9. The average molecular weight is 1090 g/mol. The van der Waals surface area contributed by atoms with Gasteiger partial charge < -0.3 is 24.2 Å². The third kappa shape index (κ3) is 6.95. The normalized spacial score (nSPS) is 14.0. The summed E-state index contributed by atoms with van der Waals surface area (Å²) in [5, 5.41) is 0. The van der Waals surface area contributed by atoms with Gasteiger partial charge in [-0.3, -0.25) is 0 Å². The van der Waals surface area contributed by atoms with E-state index in [1.807, 2.05) is 23.5 Å². The van der Waals surface area contributed by atoms with Crippen LogP contribution in [0.15, 0.2) is 226 Å². The van der Waals surface area contributed by atoms with E-state index in [1.54, 1.807) is 0 Å². The van der Waals surface area contributed by atoms with Crippen molar-refractivity contribution in [1.29, 1.82) is 0 Å². The lowest BCUT2D eigenvalue weighted by atomic mass is 9.29. The van der Waals surface area contributed by atoms with Crippen molar-refractivity contribution in [3.63, 3.8) is 0 Å². The molecule has 0 radical (unpaired) electrons. The molecule has 0 saturated carbocycles. The third-order valence-electron chi connectivity index (χ3n) is 17.8. The predicted molar refractivity (Wildman–Crippen MR) is 347 cm³/mol. The van der Waals surface area contributed by atoms with Gasteiger partial charge in [-0.15, -0.1) is 0 Å². The van der Waals surface area contributed by atoms with Crippen LogP contribution in [-0.2, 0) is 0 Å². The number of ether oxygens (including phenoxy) is 2. The number of rotatable bonds is 5. The van der Waals surface area contributed by atoms with E-state index >= 15 is 0 Å². The Morgan fingerprint density at radius 2 is 0.780 bits per heavy atom. The van der Waals surface area contributed by atoms with E-state index < -0.39 is 0 Å². The van der Waals surface area contributed by atoms with E-state index in [4.69, 9.17) is 9.47 Å². The lowest BCUT2D eigenvalue weighted by molar-refractivity contribution is 0.467. The topological polar surface area (TPSA) is 28.2 Å². The van der Waals surface area contributed by atoms with E-state index in [-0.39, 0.29) is 20.1 Å². The molecule has 11 aromatic carbocycles. The fourth-order valence-corrected chi connectivity index (χ4v) is 17.3. The van der Waals surface area contributed by atoms with Crippen molar-refractivity contribution in [2.45, 2.75) is 61.1 Å². The molecule has 6 aliphatic rings. The molecule has 0 saturated heterocycles. The summed E-state index contributed by atoms with van der Waals surface area (Å²) in [5.74, 6) is 3.44. The average Bonchev–Trinajstić information content (AvgIpc) is 2.50. The van der Waals surface area contributed by atoms with Crippen molar-refractivity contribution in [3.05, 3.63) is 240 Å². The zero-order valence-corrected chi connectivity index (χ0v) is 48.0. The Bertz CT molecular complexity index is 4290. The molecule has 0 atom stereocenters. The summed E-state index contributed by atoms with van der Waals surface area (Å²) in [6.07, 6.45) is 0. The molecule has 17 rings (SSSR count). The van der Waals surface area contributed by atoms with Crippen molar-refractivity contribution in [3.8, 4) is 23.0 Å². The first-order valence-electron chi connectivity index (χ1n) is 28.5. The number of hydrogen-bond acceptors (Lipinski definition) is 7. The highest BCUT2D eigenvalue weighted by Crippen LogP contribution is 2.53. The standard InChI is InChI=1S/C72H52B3N3O2S2/c1-41-31-42(2)34-47(33-41)76(48-35-43(3)32-44(4)36-48)49-37-56-66-57(38-49)78(55-26-14-8-20-46(55)6)59-40-65-70-72(82-64-30-18-12-24-53(64)74(70)52-23-11-17-29-63(52)81-65)68(59)75(66)67-58(77(56)54-25-13-7-19-45(54)5)39-62-69-71(67)80-61-28-16-10-22-51(61)73(69)50-21-9-15-27-60(50)79-62/h7-40H,1-6H3. The second kappa shape index (κ2) is 17.9. The highest BCUT2D eigenvalue weighted by Gasteiger charge is 2.53. The minimum atomic E-state index is -0.301. The van der Waals surface area contributed by atoms with Crippen LogP contribution >= 0.6 is 23.5 Å². The van der Waals surface area contributed by atoms with E-state index in [2.05, 4.69) is 262 Å². The summed E-state index contributed by atoms with van der Waals surface area (Å²) in [5.41, 5.74) is 28.4. The zero-order valence-electron chi connectivity index (χ0n) is 46.3. The van der Waals surface area contributed by atoms with Crippen molar-refractivity contribution in [2.75, 3.05) is 14.7 Å². The molecule has 0 unspecified atom stereocenters. The van der Waals surface area contributed by atoms with E-state index in [0.717, 1.165) is 95.9 Å². The number of para-hydroxylation sites is 4. The van der Waals surface area contributed by atoms with Crippen LogP contribution in [0.4, 0.5) is 51.2 Å². The predicted octanol–water partition coefficient (Wildman–Crippen LogP) is 13.3. The molecule has 0 bridgehead atoms. The molecule has 6 heterocycles. The number of nitrogens with zero attached hydrogens (tertiary/aromatic N) is 3. The molecular formula is C72H52B3N3O2S2. The van der Waals surface area contributed by atoms with Gasteiger partial charge in [-0.2, -0.15) is 0 Å². The van der Waals surface area contributed by atoms with Crippen LogP contribution in [0, 0.1) is 41.5 Å². The molecule has 0 fully saturated rings. The molecule has 388 valence electrons. The first-order valence-corrected chi connectivity index (χ1v) is 30.1. The maximum Gasteiger partial charge on any atom is 0.260 e. The first kappa shape index (κ1) is 48.1. The molecule has 82 heavy (non-hydrogen) atoms. The number of aryl methyl sites for hydroxylation is 6. The van der Waals surface area contributed by atoms with Crippen LogP contribution in [0.5, 0.6) is 23.0 Å². The fraction of sp³-hybridized carbons (Fsp3) is 0.0833. The van der Waals surface area contributed by atoms with Crippen molar-refractivity contribution in [1.82, 2.24) is 0 Å². The summed E-state index contributed by atoms with van der Waals surface area (Å²) in [4.78, 5) is 12.9. The molecule has 11 aromatic rings. The highest BCUT2D eigenvalue weighted by atomic mass is 32.2. The summed E-state index contributed by atoms with van der Waals surface area (Å²) < 4.78 is 15.0. The number of hydrogen-bond donors (Lipinski definition) is 0. The Kier molecular flexibility index (Phi) is 10.5. The van der Waals surface area contributed by atoms with Gasteiger partial charge in [-0.25, -0.2) is 0 Å². The van der Waals surface area contributed by atoms with Gasteiger partial charge in [0.05, 0.1) is 5.69 Å². The summed E-state index contributed by atoms with van der Waals surface area (Å²) in [7, 11) is 0. The minimum absolute atomic E-state index is 0.0512. The Morgan fingerprint density at radius 3 is 1.35 bits per heavy atom. The van der Waals surface area contributed by atoms with Crippen LogP contribution in [0.2, 0.25) is 0 Å². The lowest BCUT2D eigenvalue weighted by Gasteiger charge is -2.48. The van der Waals surface area contributed by atoms with Gasteiger partial charge in [0.1, 0.15) is 23.0 Å². The van der Waals surface area contributed by atoms with Gasteiger partial charge in [0, 0.05) is 76.6 Å². The lowest BCUT2D eigenvalue weighted by Crippen LogP contribution is -2.67. The molecule has 5 nitrogen and oxygen atoms in total. The molecule has 0 aliphatic carbocycles. The monoisotopic (exact) mass is 1090 g/mol. The second-order valence-electron chi connectivity index (χ2n) is 23.1. The van der Waals surface area contributed by atoms with E-state index in [9.17, 15) is 0 Å². The van der Waals surface area contributed by atoms with Crippen LogP contribution in [0.1, 0.15) is 33.4 Å². The summed E-state index contributed by atoms with van der Waals surface area (Å²) >= 11 is 3.88. The molecule has 0 N–H and O–H groups in total. The van der Waals surface area contributed by atoms with Gasteiger partial charge in [0.2, 0.25) is 6.71 Å². The first-order chi connectivity index (χ1) is 40.1. The Morgan fingerprint density at radius 1 is 0.329 bits per heavy atom. The highest BCUT2D eigenvalue weighted by molar-refractivity contribution is 8.01. The summed E-state index contributed by atoms with van der Waals surface area (Å²) in [6, 6.07) is 77.4. The zero-order chi connectivity index (χ0) is 54.8. The van der Waals surface area contributed by atoms with Gasteiger partial charge in [-0.1, -0.05) is 156 Å². The van der Waals surface area contributed by atoms with Crippen LogP contribution in [0.3, 0.4) is 0 Å². The Hall–Kier alpha value is -8.69. The third-order valence-corrected chi connectivity index (χ3v) is 20.2. The van der Waals surface area contributed by atoms with E-state index in [0.29, 0.717) is 0 Å². The van der Waals surface area contributed by atoms with Crippen LogP contribution in [0.25, 0.3) is 0 Å². The molecule has 0 aromatic heterocycles. The summed E-state index contributed by atoms with van der Waals surface area (Å²) in [6.45, 7) is 13.0. The van der Waals surface area contributed by atoms with Crippen molar-refractivity contribution < 1.29 is 9.47 Å². The SMILES string of the molecule is Cc1cc(C)cc(N(c2cc(C)cc(C)c2)c2cc3c4c(c2)N(c2ccccc2C)c2cc5c6c(c2B4c2c(cc4c7c2Oc2ccccc2B7c2ccccc2O4)N3c2ccccc2C)Sc2ccccc2B6c2ccccc2S5)c1. The van der Waals surface area contributed by atoms with E-state index in [1.165, 1.54) is 80.4 Å². The van der Waals surface area contributed by atoms with Crippen LogP contribution < -0.4 is 73.3 Å². The second-order valence-corrected chi connectivity index (χ2v) is 25.3. The number of fused-ring (bicyclic) bond motifs is 14. The fourth-order valence-electron chi connectivity index (χ4n) is 14.7. The Balaban J connectivity index is 1.06. The van der Waals surface area contributed by atoms with Crippen molar-refractivity contribution in [2.24, 2.45) is 0 Å². The Labute approximate surface area is 488 Å². The molecule has 0 amide bonds. The maximum atomic E-state index is 7.72. The van der Waals surface area contributed by atoms with Crippen molar-refractivity contribution >= 4 is 144 Å². The molecule has 0 spiro atoms. The minimum Gasteiger partial charge on any atom is -0.459 e. The van der Waals surface area contributed by atoms with Gasteiger partial charge in [0.25, 0.3) is 13.4 Å². The van der Waals surface area contributed by atoms with Crippen LogP contribution in [-0.4, -0.2) is 20.1 Å². The van der Waals surface area contributed by atoms with Gasteiger partial charge >= 0.3 is 0 Å². The number of benzene rings is 11. The van der Waals surface area contributed by atoms with Gasteiger partial charge in [-0.05, 0) is 187 Å². The maximum absolute atomic E-state index is 7.72. The molecule has 10 heteroatoms. The molecular weight excluding hydrogens is 1040 g/mol. The molecule has 6 aliphatic heterocycles. The largest absolute Gasteiger partial charge is 0.459 e. The quantitative estimate of drug-likeness (QED) is 0.159. The smallest absolute Gasteiger partial charge is 0.260 e.